The highest BCUT2D eigenvalue weighted by atomic mass is 16.5. The molecule has 0 aliphatic carbocycles. The molecule has 5 rings (SSSR count). The maximum absolute atomic E-state index is 13.4. The lowest BCUT2D eigenvalue weighted by molar-refractivity contribution is -0.144. The first-order valence-electron chi connectivity index (χ1n) is 9.73. The van der Waals surface area contributed by atoms with E-state index in [1.807, 2.05) is 22.0 Å². The summed E-state index contributed by atoms with van der Waals surface area (Å²) in [6.45, 7) is 8.81. The van der Waals surface area contributed by atoms with Crippen LogP contribution >= 0.6 is 0 Å². The van der Waals surface area contributed by atoms with Gasteiger partial charge in [-0.2, -0.15) is 5.10 Å². The molecule has 1 aromatic rings. The van der Waals surface area contributed by atoms with Gasteiger partial charge >= 0.3 is 0 Å². The summed E-state index contributed by atoms with van der Waals surface area (Å²) in [5.41, 5.74) is 1.56. The van der Waals surface area contributed by atoms with Gasteiger partial charge in [0, 0.05) is 37.3 Å². The molecule has 27 heavy (non-hydrogen) atoms. The largest absolute Gasteiger partial charge is 0.360 e. The van der Waals surface area contributed by atoms with Crippen LogP contribution in [0.15, 0.2) is 18.3 Å². The average Bonchev–Trinajstić information content (AvgIpc) is 3.33. The number of nitrogens with one attached hydrogen (secondary N) is 1. The third-order valence-corrected chi connectivity index (χ3v) is 6.24. The van der Waals surface area contributed by atoms with E-state index in [9.17, 15) is 9.59 Å². The second-order valence-corrected chi connectivity index (χ2v) is 9.54. The Labute approximate surface area is 158 Å². The molecule has 4 aliphatic rings. The Hall–Kier alpha value is -2.15. The predicted octanol–water partition coefficient (Wildman–Crippen LogP) is 1.12. The number of likely N-dealkylation sites (tertiary alicyclic amines) is 1. The quantitative estimate of drug-likeness (QED) is 0.792. The number of ether oxygens (including phenoxy) is 1. The van der Waals surface area contributed by atoms with Crippen molar-refractivity contribution in [2.75, 3.05) is 19.6 Å². The van der Waals surface area contributed by atoms with Gasteiger partial charge in [-0.25, -0.2) is 0 Å². The van der Waals surface area contributed by atoms with Crippen molar-refractivity contribution in [3.8, 4) is 0 Å². The maximum atomic E-state index is 13.4. The number of aromatic nitrogens is 2. The molecule has 2 saturated heterocycles. The molecule has 2 unspecified atom stereocenters. The highest BCUT2D eigenvalue weighted by Gasteiger charge is 2.67. The third-order valence-electron chi connectivity index (χ3n) is 6.24. The van der Waals surface area contributed by atoms with Gasteiger partial charge in [-0.3, -0.25) is 14.7 Å². The van der Waals surface area contributed by atoms with Crippen molar-refractivity contribution < 1.29 is 14.3 Å². The van der Waals surface area contributed by atoms with E-state index in [1.54, 1.807) is 6.20 Å². The second kappa shape index (κ2) is 5.44. The van der Waals surface area contributed by atoms with Gasteiger partial charge in [-0.15, -0.1) is 0 Å². The van der Waals surface area contributed by atoms with Crippen LogP contribution in [-0.2, 0) is 27.3 Å². The average molecular weight is 370 g/mol. The van der Waals surface area contributed by atoms with Gasteiger partial charge in [0.15, 0.2) is 0 Å². The summed E-state index contributed by atoms with van der Waals surface area (Å²) in [6.07, 6.45) is 6.29. The van der Waals surface area contributed by atoms with Crippen LogP contribution in [0.1, 0.15) is 32.0 Å². The second-order valence-electron chi connectivity index (χ2n) is 9.54. The van der Waals surface area contributed by atoms with Crippen molar-refractivity contribution in [1.29, 1.82) is 0 Å². The van der Waals surface area contributed by atoms with Gasteiger partial charge < -0.3 is 14.5 Å². The van der Waals surface area contributed by atoms with Crippen molar-refractivity contribution in [3.63, 3.8) is 0 Å². The minimum Gasteiger partial charge on any atom is -0.360 e. The molecule has 2 bridgehead atoms. The maximum Gasteiger partial charge on any atom is 0.230 e. The predicted molar refractivity (Wildman–Crippen MR) is 97.5 cm³/mol. The Morgan fingerprint density at radius 2 is 2.26 bits per heavy atom. The van der Waals surface area contributed by atoms with Gasteiger partial charge in [-0.05, 0) is 5.41 Å². The van der Waals surface area contributed by atoms with Crippen LogP contribution in [0.2, 0.25) is 0 Å². The number of carbonyl (C=O) groups excluding carboxylic acids is 2. The number of aromatic amines is 1. The van der Waals surface area contributed by atoms with Crippen LogP contribution in [0.25, 0.3) is 0 Å². The van der Waals surface area contributed by atoms with Crippen LogP contribution in [-0.4, -0.2) is 63.2 Å². The van der Waals surface area contributed by atoms with Crippen LogP contribution in [0, 0.1) is 17.3 Å². The molecule has 0 aromatic carbocycles. The summed E-state index contributed by atoms with van der Waals surface area (Å²) < 4.78 is 6.24. The van der Waals surface area contributed by atoms with Crippen molar-refractivity contribution in [1.82, 2.24) is 20.0 Å². The minimum absolute atomic E-state index is 0.0106. The Balaban J connectivity index is 1.40. The summed E-state index contributed by atoms with van der Waals surface area (Å²) >= 11 is 0. The van der Waals surface area contributed by atoms with Gasteiger partial charge in [0.05, 0.1) is 30.7 Å². The number of fused-ring (bicyclic) bond motifs is 2. The van der Waals surface area contributed by atoms with E-state index in [4.69, 9.17) is 4.74 Å². The minimum atomic E-state index is -0.621. The number of amides is 2. The first-order chi connectivity index (χ1) is 12.8. The van der Waals surface area contributed by atoms with Crippen LogP contribution in [0.4, 0.5) is 0 Å². The molecule has 0 saturated carbocycles. The smallest absolute Gasteiger partial charge is 0.230 e. The Kier molecular flexibility index (Phi) is 3.42. The molecule has 7 nitrogen and oxygen atoms in total. The molecule has 2 fully saturated rings. The van der Waals surface area contributed by atoms with E-state index in [0.29, 0.717) is 26.2 Å². The molecule has 1 spiro atoms. The van der Waals surface area contributed by atoms with Gasteiger partial charge in [-0.1, -0.05) is 32.9 Å². The topological polar surface area (TPSA) is 78.5 Å². The van der Waals surface area contributed by atoms with E-state index in [1.165, 1.54) is 0 Å². The number of rotatable bonds is 2. The molecule has 4 atom stereocenters. The molecule has 1 N–H and O–H groups in total. The Bertz CT molecular complexity index is 839. The lowest BCUT2D eigenvalue weighted by Gasteiger charge is -2.32. The molecular weight excluding hydrogens is 344 g/mol. The molecule has 5 heterocycles. The van der Waals surface area contributed by atoms with E-state index in [0.717, 1.165) is 17.7 Å². The molecule has 1 aromatic heterocycles. The standard InChI is InChI=1S/C20H26N4O3/c1-19(2,3)10-24-11-20-6-4-14(27-20)15(16(20)18(24)26)17(25)23-7-5-13-12(9-23)8-21-22-13/h4,6,8,14-16H,5,7,9-11H2,1-3H3,(H,21,22)/t14-,15?,16?,20-/m0/s1. The van der Waals surface area contributed by atoms with Gasteiger partial charge in [0.2, 0.25) is 11.8 Å². The fourth-order valence-corrected chi connectivity index (χ4v) is 5.19. The lowest BCUT2D eigenvalue weighted by Crippen LogP contribution is -2.47. The van der Waals surface area contributed by atoms with Gasteiger partial charge in [0.1, 0.15) is 5.60 Å². The highest BCUT2D eigenvalue weighted by Crippen LogP contribution is 2.52. The first kappa shape index (κ1) is 17.0. The summed E-state index contributed by atoms with van der Waals surface area (Å²) in [5.74, 6) is -0.709. The molecular formula is C20H26N4O3. The highest BCUT2D eigenvalue weighted by molar-refractivity contribution is 5.93. The summed E-state index contributed by atoms with van der Waals surface area (Å²) in [5, 5.41) is 7.08. The molecule has 0 radical (unpaired) electrons. The van der Waals surface area contributed by atoms with Crippen LogP contribution in [0.5, 0.6) is 0 Å². The number of hydrogen-bond donors (Lipinski definition) is 1. The summed E-state index contributed by atoms with van der Waals surface area (Å²) in [7, 11) is 0. The van der Waals surface area contributed by atoms with E-state index >= 15 is 0 Å². The Morgan fingerprint density at radius 1 is 1.44 bits per heavy atom. The van der Waals surface area contributed by atoms with Crippen LogP contribution < -0.4 is 0 Å². The van der Waals surface area contributed by atoms with Crippen molar-refractivity contribution in [2.24, 2.45) is 17.3 Å². The van der Waals surface area contributed by atoms with Crippen molar-refractivity contribution >= 4 is 11.8 Å². The molecule has 4 aliphatic heterocycles. The van der Waals surface area contributed by atoms with E-state index in [-0.39, 0.29) is 23.3 Å². The fraction of sp³-hybridized carbons (Fsp3) is 0.650. The van der Waals surface area contributed by atoms with Gasteiger partial charge in [0.25, 0.3) is 0 Å². The zero-order chi connectivity index (χ0) is 19.0. The monoisotopic (exact) mass is 370 g/mol. The molecule has 2 amide bonds. The molecule has 7 heteroatoms. The summed E-state index contributed by atoms with van der Waals surface area (Å²) in [4.78, 5) is 30.4. The first-order valence-corrected chi connectivity index (χ1v) is 9.73. The lowest BCUT2D eigenvalue weighted by atomic mass is 9.76. The number of hydrogen-bond acceptors (Lipinski definition) is 4. The van der Waals surface area contributed by atoms with Crippen molar-refractivity contribution in [3.05, 3.63) is 29.6 Å². The van der Waals surface area contributed by atoms with E-state index < -0.39 is 17.4 Å². The zero-order valence-electron chi connectivity index (χ0n) is 16.1. The molecule has 144 valence electrons. The Morgan fingerprint density at radius 3 is 3.04 bits per heavy atom. The fourth-order valence-electron chi connectivity index (χ4n) is 5.19. The SMILES string of the molecule is CC(C)(C)CN1C[C@]23C=C[C@H](O2)C(C(=O)N2CCc4[nH]ncc4C2)C3C1=O. The third kappa shape index (κ3) is 2.47. The number of H-pyrrole nitrogens is 1. The van der Waals surface area contributed by atoms with Crippen LogP contribution in [0.3, 0.4) is 0 Å². The van der Waals surface area contributed by atoms with Crippen molar-refractivity contribution in [2.45, 2.75) is 45.4 Å². The number of carbonyl (C=O) groups is 2. The zero-order valence-corrected chi connectivity index (χ0v) is 16.1. The van der Waals surface area contributed by atoms with E-state index in [2.05, 4.69) is 31.0 Å². The summed E-state index contributed by atoms with van der Waals surface area (Å²) in [6, 6.07) is 0. The number of nitrogens with zero attached hydrogens (tertiary/aromatic N) is 3. The normalized spacial score (nSPS) is 34.3.